The van der Waals surface area contributed by atoms with Gasteiger partial charge in [0.05, 0.1) is 13.3 Å². The molecule has 0 heterocycles. The van der Waals surface area contributed by atoms with E-state index < -0.39 is 0 Å². The van der Waals surface area contributed by atoms with Crippen molar-refractivity contribution in [3.63, 3.8) is 0 Å². The summed E-state index contributed by atoms with van der Waals surface area (Å²) in [7, 11) is 1.62. The number of aryl methyl sites for hydroxylation is 1. The van der Waals surface area contributed by atoms with Gasteiger partial charge in [-0.1, -0.05) is 17.7 Å². The van der Waals surface area contributed by atoms with Crippen LogP contribution in [0.2, 0.25) is 0 Å². The molecule has 0 unspecified atom stereocenters. The fourth-order valence-electron chi connectivity index (χ4n) is 1.92. The van der Waals surface area contributed by atoms with Crippen LogP contribution < -0.4 is 15.5 Å². The lowest BCUT2D eigenvalue weighted by atomic mass is 10.2. The van der Waals surface area contributed by atoms with Gasteiger partial charge in [-0.15, -0.1) is 0 Å². The van der Waals surface area contributed by atoms with Gasteiger partial charge >= 0.3 is 0 Å². The Labute approximate surface area is 136 Å². The van der Waals surface area contributed by atoms with Gasteiger partial charge < -0.3 is 10.1 Å². The fourth-order valence-corrected chi connectivity index (χ4v) is 1.92. The number of nitrogens with zero attached hydrogens (tertiary/aromatic N) is 1. The molecule has 1 amide bonds. The molecule has 1 atom stereocenters. The molecule has 0 bridgehead atoms. The monoisotopic (exact) mass is 311 g/mol. The number of amides is 1. The molecule has 0 saturated carbocycles. The van der Waals surface area contributed by atoms with Gasteiger partial charge in [0.2, 0.25) is 0 Å². The molecule has 2 rings (SSSR count). The molecule has 0 radical (unpaired) electrons. The van der Waals surface area contributed by atoms with Crippen LogP contribution in [0.3, 0.4) is 0 Å². The maximum absolute atomic E-state index is 12.0. The van der Waals surface area contributed by atoms with E-state index in [0.717, 1.165) is 17.0 Å². The van der Waals surface area contributed by atoms with E-state index in [-0.39, 0.29) is 11.9 Å². The van der Waals surface area contributed by atoms with Crippen molar-refractivity contribution < 1.29 is 9.53 Å². The number of carbonyl (C=O) groups excluding carboxylic acids is 1. The zero-order valence-electron chi connectivity index (χ0n) is 13.5. The summed E-state index contributed by atoms with van der Waals surface area (Å²) < 4.78 is 5.08. The van der Waals surface area contributed by atoms with Crippen LogP contribution in [0.1, 0.15) is 18.1 Å². The third-order valence-electron chi connectivity index (χ3n) is 3.33. The van der Waals surface area contributed by atoms with Crippen LogP contribution in [0, 0.1) is 6.92 Å². The first-order valence-corrected chi connectivity index (χ1v) is 7.38. The Balaban J connectivity index is 1.85. The lowest BCUT2D eigenvalue weighted by molar-refractivity contribution is -0.121. The molecule has 0 aliphatic rings. The highest BCUT2D eigenvalue weighted by Crippen LogP contribution is 2.10. The average molecular weight is 311 g/mol. The zero-order chi connectivity index (χ0) is 16.7. The molecule has 0 aliphatic carbocycles. The molecule has 0 saturated heterocycles. The Bertz CT molecular complexity index is 664. The number of rotatable bonds is 6. The zero-order valence-corrected chi connectivity index (χ0v) is 13.5. The van der Waals surface area contributed by atoms with Crippen molar-refractivity contribution in [3.05, 3.63) is 59.7 Å². The molecule has 2 aromatic rings. The minimum absolute atomic E-state index is 0.199. The first-order chi connectivity index (χ1) is 11.1. The molecule has 0 spiro atoms. The Morgan fingerprint density at radius 3 is 2.39 bits per heavy atom. The average Bonchev–Trinajstić information content (AvgIpc) is 2.57. The normalized spacial score (nSPS) is 12.0. The molecule has 0 aromatic heterocycles. The molecule has 23 heavy (non-hydrogen) atoms. The number of hydrazone groups is 1. The molecule has 0 fully saturated rings. The highest BCUT2D eigenvalue weighted by Gasteiger charge is 2.11. The Morgan fingerprint density at radius 1 is 1.13 bits per heavy atom. The second-order valence-corrected chi connectivity index (χ2v) is 5.24. The number of benzene rings is 2. The van der Waals surface area contributed by atoms with Crippen molar-refractivity contribution >= 4 is 17.8 Å². The molecular weight excluding hydrogens is 290 g/mol. The van der Waals surface area contributed by atoms with Crippen LogP contribution in [0.5, 0.6) is 5.75 Å². The number of methoxy groups -OCH3 is 1. The van der Waals surface area contributed by atoms with Gasteiger partial charge in [0.15, 0.2) is 0 Å². The fraction of sp³-hybridized carbons (Fsp3) is 0.222. The van der Waals surface area contributed by atoms with Crippen LogP contribution in [-0.2, 0) is 4.79 Å². The summed E-state index contributed by atoms with van der Waals surface area (Å²) in [4.78, 5) is 12.0. The van der Waals surface area contributed by atoms with E-state index in [0.29, 0.717) is 0 Å². The van der Waals surface area contributed by atoms with E-state index in [2.05, 4.69) is 15.8 Å². The number of nitrogens with one attached hydrogen (secondary N) is 2. The van der Waals surface area contributed by atoms with Crippen molar-refractivity contribution in [1.82, 2.24) is 5.43 Å². The van der Waals surface area contributed by atoms with Gasteiger partial charge in [0.25, 0.3) is 5.91 Å². The van der Waals surface area contributed by atoms with Crippen molar-refractivity contribution in [2.75, 3.05) is 12.4 Å². The first-order valence-electron chi connectivity index (χ1n) is 7.38. The topological polar surface area (TPSA) is 62.7 Å². The second-order valence-electron chi connectivity index (χ2n) is 5.24. The van der Waals surface area contributed by atoms with Crippen molar-refractivity contribution in [2.45, 2.75) is 19.9 Å². The molecular formula is C18H21N3O2. The maximum atomic E-state index is 12.0. The Hall–Kier alpha value is -2.82. The Kier molecular flexibility index (Phi) is 5.74. The van der Waals surface area contributed by atoms with E-state index in [1.807, 2.05) is 55.5 Å². The maximum Gasteiger partial charge on any atom is 0.262 e. The van der Waals surface area contributed by atoms with Crippen LogP contribution >= 0.6 is 0 Å². The van der Waals surface area contributed by atoms with Gasteiger partial charge in [-0.3, -0.25) is 4.79 Å². The number of hydrogen-bond acceptors (Lipinski definition) is 4. The van der Waals surface area contributed by atoms with Gasteiger partial charge in [-0.05, 0) is 55.8 Å². The molecule has 2 aromatic carbocycles. The van der Waals surface area contributed by atoms with Gasteiger partial charge in [0, 0.05) is 5.69 Å². The molecule has 5 heteroatoms. The second kappa shape index (κ2) is 7.98. The van der Waals surface area contributed by atoms with Crippen LogP contribution in [0.25, 0.3) is 0 Å². The summed E-state index contributed by atoms with van der Waals surface area (Å²) in [5.74, 6) is 0.581. The minimum Gasteiger partial charge on any atom is -0.497 e. The largest absolute Gasteiger partial charge is 0.497 e. The van der Waals surface area contributed by atoms with Crippen LogP contribution in [0.4, 0.5) is 5.69 Å². The number of hydrogen-bond donors (Lipinski definition) is 2. The number of carbonyl (C=O) groups is 1. The van der Waals surface area contributed by atoms with Crippen LogP contribution in [0.15, 0.2) is 53.6 Å². The van der Waals surface area contributed by atoms with E-state index in [4.69, 9.17) is 4.74 Å². The molecule has 5 nitrogen and oxygen atoms in total. The SMILES string of the molecule is COc1ccc(/C=N\NC(=O)[C@@H](C)Nc2ccc(C)cc2)cc1. The predicted molar refractivity (Wildman–Crippen MR) is 93.0 cm³/mol. The van der Waals surface area contributed by atoms with Gasteiger partial charge in [-0.25, -0.2) is 5.43 Å². The Morgan fingerprint density at radius 2 is 1.78 bits per heavy atom. The third kappa shape index (κ3) is 5.14. The smallest absolute Gasteiger partial charge is 0.262 e. The lowest BCUT2D eigenvalue weighted by Gasteiger charge is -2.13. The van der Waals surface area contributed by atoms with E-state index >= 15 is 0 Å². The van der Waals surface area contributed by atoms with Crippen molar-refractivity contribution in [3.8, 4) is 5.75 Å². The quantitative estimate of drug-likeness (QED) is 0.637. The summed E-state index contributed by atoms with van der Waals surface area (Å²) in [6, 6.07) is 14.9. The lowest BCUT2D eigenvalue weighted by Crippen LogP contribution is -2.34. The highest BCUT2D eigenvalue weighted by molar-refractivity contribution is 5.86. The van der Waals surface area contributed by atoms with Crippen LogP contribution in [-0.4, -0.2) is 25.3 Å². The first kappa shape index (κ1) is 16.5. The summed E-state index contributed by atoms with van der Waals surface area (Å²) in [6.45, 7) is 3.81. The molecule has 120 valence electrons. The predicted octanol–water partition coefficient (Wildman–Crippen LogP) is 2.95. The summed E-state index contributed by atoms with van der Waals surface area (Å²) in [5, 5.41) is 7.10. The number of ether oxygens (including phenoxy) is 1. The third-order valence-corrected chi connectivity index (χ3v) is 3.33. The van der Waals surface area contributed by atoms with E-state index in [9.17, 15) is 4.79 Å². The van der Waals surface area contributed by atoms with Crippen molar-refractivity contribution in [1.29, 1.82) is 0 Å². The summed E-state index contributed by atoms with van der Waals surface area (Å²) >= 11 is 0. The summed E-state index contributed by atoms with van der Waals surface area (Å²) in [6.07, 6.45) is 1.59. The van der Waals surface area contributed by atoms with E-state index in [1.165, 1.54) is 5.56 Å². The standard InChI is InChI=1S/C18H21N3O2/c1-13-4-8-16(9-5-13)20-14(2)18(22)21-19-12-15-6-10-17(23-3)11-7-15/h4-12,14,20H,1-3H3,(H,21,22)/b19-12-/t14-/m1/s1. The van der Waals surface area contributed by atoms with Crippen molar-refractivity contribution in [2.24, 2.45) is 5.10 Å². The summed E-state index contributed by atoms with van der Waals surface area (Å²) in [5.41, 5.74) is 5.49. The minimum atomic E-state index is -0.384. The number of anilines is 1. The van der Waals surface area contributed by atoms with Gasteiger partial charge in [0.1, 0.15) is 11.8 Å². The molecule has 0 aliphatic heterocycles. The highest BCUT2D eigenvalue weighted by atomic mass is 16.5. The van der Waals surface area contributed by atoms with E-state index in [1.54, 1.807) is 20.2 Å². The molecule has 2 N–H and O–H groups in total. The van der Waals surface area contributed by atoms with Gasteiger partial charge in [-0.2, -0.15) is 5.10 Å².